The number of hydrogen-bond acceptors (Lipinski definition) is 6. The Morgan fingerprint density at radius 1 is 0.972 bits per heavy atom. The molecule has 1 aromatic heterocycles. The molecule has 0 bridgehead atoms. The molecular weight excluding hydrogens is 476 g/mol. The van der Waals surface area contributed by atoms with Crippen molar-refractivity contribution in [2.24, 2.45) is 5.92 Å². The lowest BCUT2D eigenvalue weighted by atomic mass is 9.85. The molecule has 7 nitrogen and oxygen atoms in total. The Labute approximate surface area is 210 Å². The molecule has 0 spiro atoms. The number of nitrogens with one attached hydrogen (secondary N) is 1. The molecule has 2 aliphatic carbocycles. The monoisotopic (exact) mass is 504 g/mol. The van der Waals surface area contributed by atoms with Crippen molar-refractivity contribution in [2.75, 3.05) is 4.72 Å². The van der Waals surface area contributed by atoms with E-state index in [0.717, 1.165) is 49.7 Å². The number of sulfonamides is 1. The second-order valence-electron chi connectivity index (χ2n) is 9.65. The van der Waals surface area contributed by atoms with E-state index in [1.807, 2.05) is 6.07 Å². The van der Waals surface area contributed by atoms with Gasteiger partial charge in [0.05, 0.1) is 22.1 Å². The third kappa shape index (κ3) is 4.89. The van der Waals surface area contributed by atoms with Gasteiger partial charge in [0.15, 0.2) is 0 Å². The number of benzene rings is 2. The van der Waals surface area contributed by atoms with E-state index in [0.29, 0.717) is 35.4 Å². The van der Waals surface area contributed by atoms with Crippen molar-refractivity contribution >= 4 is 15.7 Å². The van der Waals surface area contributed by atoms with Gasteiger partial charge in [-0.2, -0.15) is 5.26 Å². The van der Waals surface area contributed by atoms with E-state index in [-0.39, 0.29) is 22.5 Å². The maximum atomic E-state index is 13.1. The average Bonchev–Trinajstić information content (AvgIpc) is 3.69. The Balaban J connectivity index is 1.44. The zero-order chi connectivity index (χ0) is 25.3. The van der Waals surface area contributed by atoms with Gasteiger partial charge < -0.3 is 9.52 Å². The van der Waals surface area contributed by atoms with Gasteiger partial charge in [-0.15, -0.1) is 0 Å². The highest BCUT2D eigenvalue weighted by atomic mass is 32.2. The predicted molar refractivity (Wildman–Crippen MR) is 135 cm³/mol. The summed E-state index contributed by atoms with van der Waals surface area (Å²) in [5, 5.41) is 20.2. The molecule has 36 heavy (non-hydrogen) atoms. The number of hydrogen-bond donors (Lipinski definition) is 2. The van der Waals surface area contributed by atoms with Crippen LogP contribution in [0.25, 0.3) is 0 Å². The molecule has 1 saturated carbocycles. The first kappa shape index (κ1) is 24.1. The van der Waals surface area contributed by atoms with Crippen LogP contribution in [0.3, 0.4) is 0 Å². The minimum atomic E-state index is -3.82. The zero-order valence-corrected chi connectivity index (χ0v) is 20.7. The van der Waals surface area contributed by atoms with Crippen LogP contribution < -0.4 is 10.3 Å². The van der Waals surface area contributed by atoms with Crippen molar-refractivity contribution in [3.63, 3.8) is 0 Å². The molecule has 0 aliphatic heterocycles. The summed E-state index contributed by atoms with van der Waals surface area (Å²) >= 11 is 0. The number of anilines is 1. The molecule has 2 aromatic carbocycles. The normalized spacial score (nSPS) is 16.8. The fraction of sp³-hybridized carbons (Fsp3) is 0.357. The van der Waals surface area contributed by atoms with Crippen molar-refractivity contribution in [3.8, 4) is 11.8 Å². The van der Waals surface area contributed by atoms with Crippen LogP contribution in [0.4, 0.5) is 5.69 Å². The maximum absolute atomic E-state index is 13.1. The molecule has 186 valence electrons. The minimum absolute atomic E-state index is 0.0599. The maximum Gasteiger partial charge on any atom is 0.343 e. The summed E-state index contributed by atoms with van der Waals surface area (Å²) in [6.07, 6.45) is 7.36. The van der Waals surface area contributed by atoms with Gasteiger partial charge in [0.25, 0.3) is 10.0 Å². The Morgan fingerprint density at radius 3 is 2.28 bits per heavy atom. The second kappa shape index (κ2) is 9.82. The van der Waals surface area contributed by atoms with E-state index in [1.165, 1.54) is 24.3 Å². The molecule has 8 heteroatoms. The van der Waals surface area contributed by atoms with Gasteiger partial charge in [0.1, 0.15) is 11.5 Å². The van der Waals surface area contributed by atoms with Crippen LogP contribution in [0.1, 0.15) is 72.5 Å². The van der Waals surface area contributed by atoms with E-state index in [4.69, 9.17) is 9.68 Å². The summed E-state index contributed by atoms with van der Waals surface area (Å²) in [5.74, 6) is 0.612. The summed E-state index contributed by atoms with van der Waals surface area (Å²) in [6.45, 7) is 0. The quantitative estimate of drug-likeness (QED) is 0.475. The highest BCUT2D eigenvalue weighted by Crippen LogP contribution is 2.48. The van der Waals surface area contributed by atoms with Gasteiger partial charge in [-0.25, -0.2) is 13.2 Å². The largest absolute Gasteiger partial charge is 0.507 e. The number of nitriles is 1. The van der Waals surface area contributed by atoms with Crippen molar-refractivity contribution in [1.29, 1.82) is 5.26 Å². The molecule has 1 unspecified atom stereocenters. The molecule has 0 radical (unpaired) electrons. The molecule has 0 saturated heterocycles. The van der Waals surface area contributed by atoms with Crippen LogP contribution in [-0.2, 0) is 22.9 Å². The third-order valence-corrected chi connectivity index (χ3v) is 8.51. The first-order valence-corrected chi connectivity index (χ1v) is 13.9. The van der Waals surface area contributed by atoms with Crippen molar-refractivity contribution < 1.29 is 17.9 Å². The molecule has 1 fully saturated rings. The number of fused-ring (bicyclic) bond motifs is 1. The minimum Gasteiger partial charge on any atom is -0.507 e. The van der Waals surface area contributed by atoms with Crippen LogP contribution in [-0.4, -0.2) is 13.5 Å². The molecule has 2 aliphatic rings. The molecule has 5 rings (SSSR count). The van der Waals surface area contributed by atoms with Gasteiger partial charge in [0.2, 0.25) is 0 Å². The zero-order valence-electron chi connectivity index (χ0n) is 19.9. The van der Waals surface area contributed by atoms with E-state index < -0.39 is 15.6 Å². The van der Waals surface area contributed by atoms with Crippen LogP contribution in [0.5, 0.6) is 5.75 Å². The fourth-order valence-corrected chi connectivity index (χ4v) is 6.14. The van der Waals surface area contributed by atoms with Crippen LogP contribution in [0, 0.1) is 17.2 Å². The van der Waals surface area contributed by atoms with Crippen LogP contribution >= 0.6 is 0 Å². The van der Waals surface area contributed by atoms with E-state index in [9.17, 15) is 18.3 Å². The highest BCUT2D eigenvalue weighted by molar-refractivity contribution is 7.92. The predicted octanol–water partition coefficient (Wildman–Crippen LogP) is 5.22. The van der Waals surface area contributed by atoms with Gasteiger partial charge in [-0.3, -0.25) is 4.72 Å². The topological polar surface area (TPSA) is 120 Å². The fourth-order valence-electron chi connectivity index (χ4n) is 5.08. The van der Waals surface area contributed by atoms with Crippen LogP contribution in [0.15, 0.2) is 62.6 Å². The lowest BCUT2D eigenvalue weighted by molar-refractivity contribution is 0.382. The van der Waals surface area contributed by atoms with Crippen LogP contribution in [0.2, 0.25) is 0 Å². The number of aromatic hydroxyl groups is 1. The van der Waals surface area contributed by atoms with Gasteiger partial charge in [-0.05, 0) is 80.0 Å². The summed E-state index contributed by atoms with van der Waals surface area (Å²) in [5.41, 5.74) is 2.21. The van der Waals surface area contributed by atoms with E-state index >= 15 is 0 Å². The SMILES string of the molecule is N#Cc1ccc(S(=O)(=O)Nc2ccc(C(c3c(O)c4c(oc3=O)CCCCCC4)C3CC3)cc2)cc1. The Bertz CT molecular complexity index is 1460. The molecule has 1 heterocycles. The lowest BCUT2D eigenvalue weighted by Gasteiger charge is -2.21. The molecule has 0 amide bonds. The lowest BCUT2D eigenvalue weighted by Crippen LogP contribution is -2.19. The summed E-state index contributed by atoms with van der Waals surface area (Å²) in [7, 11) is -3.82. The van der Waals surface area contributed by atoms with Crippen molar-refractivity contribution in [3.05, 3.63) is 87.0 Å². The van der Waals surface area contributed by atoms with Gasteiger partial charge in [-0.1, -0.05) is 25.0 Å². The number of nitrogens with zero attached hydrogens (tertiary/aromatic N) is 1. The van der Waals surface area contributed by atoms with Gasteiger partial charge >= 0.3 is 5.63 Å². The number of aryl methyl sites for hydroxylation is 1. The van der Waals surface area contributed by atoms with Crippen molar-refractivity contribution in [2.45, 2.75) is 62.2 Å². The Morgan fingerprint density at radius 2 is 1.64 bits per heavy atom. The van der Waals surface area contributed by atoms with Crippen molar-refractivity contribution in [1.82, 2.24) is 0 Å². The van der Waals surface area contributed by atoms with Gasteiger partial charge in [0, 0.05) is 23.6 Å². The Kier molecular flexibility index (Phi) is 6.59. The van der Waals surface area contributed by atoms with E-state index in [1.54, 1.807) is 24.3 Å². The molecule has 2 N–H and O–H groups in total. The second-order valence-corrected chi connectivity index (χ2v) is 11.3. The average molecular weight is 505 g/mol. The molecular formula is C28H28N2O5S. The standard InChI is InChI=1S/C28H28N2O5S/c29-17-18-7-15-22(16-8-18)36(33,34)30-21-13-11-20(12-14-21)25(19-9-10-19)26-27(31)23-5-3-1-2-4-6-24(23)35-28(26)32/h7-8,11-16,19,25,30-31H,1-6,9-10H2. The molecule has 3 aromatic rings. The summed E-state index contributed by atoms with van der Waals surface area (Å²) in [4.78, 5) is 13.1. The number of rotatable bonds is 6. The third-order valence-electron chi connectivity index (χ3n) is 7.11. The first-order chi connectivity index (χ1) is 17.4. The highest BCUT2D eigenvalue weighted by Gasteiger charge is 2.38. The smallest absolute Gasteiger partial charge is 0.343 e. The Hall–Kier alpha value is -3.57. The molecule has 1 atom stereocenters. The summed E-state index contributed by atoms with van der Waals surface area (Å²) < 4.78 is 33.8. The van der Waals surface area contributed by atoms with E-state index in [2.05, 4.69) is 4.72 Å². The summed E-state index contributed by atoms with van der Waals surface area (Å²) in [6, 6.07) is 14.6. The first-order valence-electron chi connectivity index (χ1n) is 12.4.